The smallest absolute Gasteiger partial charge is 0.256 e. The first-order valence-corrected chi connectivity index (χ1v) is 11.5. The predicted octanol–water partition coefficient (Wildman–Crippen LogP) is 4.55. The number of imidazole rings is 1. The van der Waals surface area contributed by atoms with Crippen LogP contribution in [0.4, 0.5) is 19.1 Å². The molecule has 0 aliphatic heterocycles. The molecule has 3 heterocycles. The third-order valence-electron chi connectivity index (χ3n) is 6.55. The number of anilines is 1. The highest BCUT2D eigenvalue weighted by atomic mass is 19.3. The van der Waals surface area contributed by atoms with Gasteiger partial charge < -0.3 is 20.2 Å². The number of fused-ring (bicyclic) bond motifs is 2. The SMILES string of the molecule is CCC(=O)N[C@]1(C)C[C@H](Nc2ncc3c(-c4cc(F)c5nc(C)n(CC(F)F)c5c4)c[nH]c3n2)C1. The average Bonchev–Trinajstić information content (AvgIpc) is 3.33. The van der Waals surface area contributed by atoms with Crippen LogP contribution >= 0.6 is 0 Å². The Hall–Kier alpha value is -3.63. The summed E-state index contributed by atoms with van der Waals surface area (Å²) in [6.07, 6.45) is 2.75. The molecule has 35 heavy (non-hydrogen) atoms. The van der Waals surface area contributed by atoms with Gasteiger partial charge in [-0.05, 0) is 44.4 Å². The van der Waals surface area contributed by atoms with Gasteiger partial charge in [-0.2, -0.15) is 4.98 Å². The van der Waals surface area contributed by atoms with Gasteiger partial charge in [0.1, 0.15) is 17.0 Å². The number of aromatic nitrogens is 5. The summed E-state index contributed by atoms with van der Waals surface area (Å²) in [6.45, 7) is 4.87. The van der Waals surface area contributed by atoms with Crippen molar-refractivity contribution in [3.8, 4) is 11.1 Å². The Kier molecular flexibility index (Phi) is 5.65. The molecule has 0 radical (unpaired) electrons. The van der Waals surface area contributed by atoms with Crippen LogP contribution in [-0.4, -0.2) is 48.4 Å². The number of H-pyrrole nitrogens is 1. The molecule has 0 spiro atoms. The number of benzene rings is 1. The third-order valence-corrected chi connectivity index (χ3v) is 6.55. The largest absolute Gasteiger partial charge is 0.351 e. The van der Waals surface area contributed by atoms with Crippen LogP contribution in [0.3, 0.4) is 0 Å². The predicted molar refractivity (Wildman–Crippen MR) is 127 cm³/mol. The molecule has 3 aromatic heterocycles. The van der Waals surface area contributed by atoms with E-state index < -0.39 is 18.8 Å². The van der Waals surface area contributed by atoms with Gasteiger partial charge in [0.15, 0.2) is 5.82 Å². The van der Waals surface area contributed by atoms with E-state index in [0.29, 0.717) is 45.9 Å². The van der Waals surface area contributed by atoms with E-state index in [4.69, 9.17) is 0 Å². The number of alkyl halides is 2. The molecule has 184 valence electrons. The number of rotatable bonds is 7. The van der Waals surface area contributed by atoms with Crippen molar-refractivity contribution in [1.29, 1.82) is 0 Å². The Balaban J connectivity index is 1.39. The maximum absolute atomic E-state index is 14.8. The van der Waals surface area contributed by atoms with Gasteiger partial charge >= 0.3 is 0 Å². The first-order valence-electron chi connectivity index (χ1n) is 11.5. The lowest BCUT2D eigenvalue weighted by atomic mass is 9.74. The quantitative estimate of drug-likeness (QED) is 0.357. The van der Waals surface area contributed by atoms with E-state index in [9.17, 15) is 18.0 Å². The highest BCUT2D eigenvalue weighted by Gasteiger charge is 2.41. The highest BCUT2D eigenvalue weighted by molar-refractivity contribution is 5.96. The van der Waals surface area contributed by atoms with Crippen LogP contribution < -0.4 is 10.6 Å². The van der Waals surface area contributed by atoms with Crippen molar-refractivity contribution in [2.75, 3.05) is 5.32 Å². The molecule has 3 N–H and O–H groups in total. The van der Waals surface area contributed by atoms with Crippen LogP contribution in [0.5, 0.6) is 0 Å². The fraction of sp³-hybridized carbons (Fsp3) is 0.417. The fourth-order valence-corrected chi connectivity index (χ4v) is 4.88. The van der Waals surface area contributed by atoms with Gasteiger partial charge in [0.25, 0.3) is 6.43 Å². The Morgan fingerprint density at radius 2 is 2.09 bits per heavy atom. The van der Waals surface area contributed by atoms with E-state index in [1.165, 1.54) is 10.6 Å². The lowest BCUT2D eigenvalue weighted by Crippen LogP contribution is -2.59. The fourth-order valence-electron chi connectivity index (χ4n) is 4.88. The molecule has 1 fully saturated rings. The standard InChI is InChI=1S/C24H26F3N7O/c1-4-20(35)33-24(3)7-14(8-24)31-23-29-10-16-15(9-28-22(16)32-23)13-5-17(25)21-18(6-13)34(11-19(26)27)12(2)30-21/h5-6,9-10,14,19H,4,7-8,11H2,1-3H3,(H,33,35)(H2,28,29,31,32)/t14-,24+. The van der Waals surface area contributed by atoms with Crippen LogP contribution in [0.15, 0.2) is 24.5 Å². The van der Waals surface area contributed by atoms with Crippen molar-refractivity contribution >= 4 is 33.9 Å². The summed E-state index contributed by atoms with van der Waals surface area (Å²) in [7, 11) is 0. The van der Waals surface area contributed by atoms with Gasteiger partial charge in [0.05, 0.1) is 12.1 Å². The minimum atomic E-state index is -2.58. The van der Waals surface area contributed by atoms with Gasteiger partial charge in [-0.25, -0.2) is 23.1 Å². The summed E-state index contributed by atoms with van der Waals surface area (Å²) in [5, 5.41) is 7.01. The van der Waals surface area contributed by atoms with Crippen LogP contribution in [0.25, 0.3) is 33.2 Å². The Labute approximate surface area is 199 Å². The van der Waals surface area contributed by atoms with Crippen LogP contribution in [0.1, 0.15) is 38.9 Å². The monoisotopic (exact) mass is 485 g/mol. The number of hydrogen-bond donors (Lipinski definition) is 3. The Morgan fingerprint density at radius 1 is 1.31 bits per heavy atom. The molecule has 0 saturated heterocycles. The van der Waals surface area contributed by atoms with Gasteiger partial charge in [-0.3, -0.25) is 4.79 Å². The molecule has 11 heteroatoms. The van der Waals surface area contributed by atoms with E-state index in [0.717, 1.165) is 12.8 Å². The number of nitrogens with zero attached hydrogens (tertiary/aromatic N) is 4. The van der Waals surface area contributed by atoms with Crippen molar-refractivity contribution in [3.63, 3.8) is 0 Å². The Bertz CT molecular complexity index is 1420. The van der Waals surface area contributed by atoms with E-state index in [1.807, 2.05) is 13.8 Å². The molecular weight excluding hydrogens is 459 g/mol. The maximum Gasteiger partial charge on any atom is 0.256 e. The summed E-state index contributed by atoms with van der Waals surface area (Å²) in [5.41, 5.74) is 1.89. The number of hydrogen-bond acceptors (Lipinski definition) is 5. The lowest BCUT2D eigenvalue weighted by Gasteiger charge is -2.45. The van der Waals surface area contributed by atoms with Crippen LogP contribution in [0.2, 0.25) is 0 Å². The molecule has 0 bridgehead atoms. The first kappa shape index (κ1) is 23.1. The number of amides is 1. The first-order chi connectivity index (χ1) is 16.7. The summed E-state index contributed by atoms with van der Waals surface area (Å²) in [5.74, 6) is 0.234. The molecule has 0 atom stereocenters. The molecule has 0 unspecified atom stereocenters. The van der Waals surface area contributed by atoms with Crippen LogP contribution in [0, 0.1) is 12.7 Å². The van der Waals surface area contributed by atoms with E-state index >= 15 is 0 Å². The molecule has 4 aromatic rings. The minimum absolute atomic E-state index is 0.0320. The molecule has 1 aromatic carbocycles. The average molecular weight is 486 g/mol. The summed E-state index contributed by atoms with van der Waals surface area (Å²) >= 11 is 0. The molecular formula is C24H26F3N7O. The van der Waals surface area contributed by atoms with Gasteiger partial charge in [-0.15, -0.1) is 0 Å². The van der Waals surface area contributed by atoms with Gasteiger partial charge in [0, 0.05) is 41.3 Å². The number of aryl methyl sites for hydroxylation is 1. The van der Waals surface area contributed by atoms with E-state index in [-0.39, 0.29) is 23.0 Å². The normalized spacial score (nSPS) is 19.9. The highest BCUT2D eigenvalue weighted by Crippen LogP contribution is 2.35. The molecule has 1 aliphatic rings. The van der Waals surface area contributed by atoms with Gasteiger partial charge in [-0.1, -0.05) is 6.92 Å². The topological polar surface area (TPSA) is 101 Å². The van der Waals surface area contributed by atoms with Crippen molar-refractivity contribution in [2.45, 2.75) is 64.6 Å². The number of carbonyl (C=O) groups is 1. The second-order valence-corrected chi connectivity index (χ2v) is 9.36. The van der Waals surface area contributed by atoms with E-state index in [2.05, 4.69) is 30.6 Å². The zero-order chi connectivity index (χ0) is 24.9. The summed E-state index contributed by atoms with van der Waals surface area (Å²) in [6, 6.07) is 3.14. The number of nitrogens with one attached hydrogen (secondary N) is 3. The zero-order valence-electron chi connectivity index (χ0n) is 19.6. The van der Waals surface area contributed by atoms with Crippen molar-refractivity contribution < 1.29 is 18.0 Å². The zero-order valence-corrected chi connectivity index (χ0v) is 19.6. The molecule has 8 nitrogen and oxygen atoms in total. The molecule has 1 saturated carbocycles. The molecule has 1 aliphatic carbocycles. The molecule has 5 rings (SSSR count). The lowest BCUT2D eigenvalue weighted by molar-refractivity contribution is -0.123. The van der Waals surface area contributed by atoms with Crippen molar-refractivity contribution in [2.24, 2.45) is 0 Å². The number of carbonyl (C=O) groups excluding carboxylic acids is 1. The molecule has 1 amide bonds. The summed E-state index contributed by atoms with van der Waals surface area (Å²) in [4.78, 5) is 27.9. The van der Waals surface area contributed by atoms with Crippen molar-refractivity contribution in [3.05, 3.63) is 36.2 Å². The second kappa shape index (κ2) is 8.54. The Morgan fingerprint density at radius 3 is 2.80 bits per heavy atom. The number of halogens is 3. The van der Waals surface area contributed by atoms with Crippen molar-refractivity contribution in [1.82, 2.24) is 29.8 Å². The minimum Gasteiger partial charge on any atom is -0.351 e. The maximum atomic E-state index is 14.8. The van der Waals surface area contributed by atoms with Gasteiger partial charge in [0.2, 0.25) is 11.9 Å². The number of aromatic amines is 1. The second-order valence-electron chi connectivity index (χ2n) is 9.36. The summed E-state index contributed by atoms with van der Waals surface area (Å²) < 4.78 is 42.3. The van der Waals surface area contributed by atoms with Crippen LogP contribution in [-0.2, 0) is 11.3 Å². The van der Waals surface area contributed by atoms with E-state index in [1.54, 1.807) is 25.4 Å². The third kappa shape index (κ3) is 4.30.